The Morgan fingerprint density at radius 3 is 1.65 bits per heavy atom. The highest BCUT2D eigenvalue weighted by Gasteiger charge is 2.51. The fourth-order valence-electron chi connectivity index (χ4n) is 8.31. The minimum absolute atomic E-state index is 0.506. The molecule has 3 heterocycles. The number of rotatable bonds is 3. The molecule has 0 amide bonds. The molecular formula is C46H27N3OS. The smallest absolute Gasteiger partial charge is 0.164 e. The number of para-hydroxylation sites is 1. The van der Waals surface area contributed by atoms with Crippen LogP contribution < -0.4 is 4.74 Å². The molecule has 1 spiro atoms. The third kappa shape index (κ3) is 3.98. The van der Waals surface area contributed by atoms with Crippen molar-refractivity contribution >= 4 is 31.5 Å². The van der Waals surface area contributed by atoms with Crippen LogP contribution in [0.25, 0.3) is 65.5 Å². The molecule has 4 nitrogen and oxygen atoms in total. The molecule has 11 rings (SSSR count). The van der Waals surface area contributed by atoms with Gasteiger partial charge in [0.05, 0.1) is 10.1 Å². The first-order valence-electron chi connectivity index (χ1n) is 17.1. The lowest BCUT2D eigenvalue weighted by molar-refractivity contribution is 0.442. The number of nitrogens with zero attached hydrogens (tertiary/aromatic N) is 3. The van der Waals surface area contributed by atoms with E-state index in [4.69, 9.17) is 19.7 Å². The van der Waals surface area contributed by atoms with Crippen LogP contribution in [0.3, 0.4) is 0 Å². The maximum absolute atomic E-state index is 7.01. The Balaban J connectivity index is 1.19. The largest absolute Gasteiger partial charge is 0.455 e. The summed E-state index contributed by atoms with van der Waals surface area (Å²) in [5, 5.41) is 2.25. The summed E-state index contributed by atoms with van der Waals surface area (Å²) in [5.74, 6) is 3.74. The summed E-state index contributed by atoms with van der Waals surface area (Å²) in [7, 11) is 0. The monoisotopic (exact) mass is 669 g/mol. The first-order chi connectivity index (χ1) is 25.3. The second-order valence-corrected chi connectivity index (χ2v) is 14.1. The van der Waals surface area contributed by atoms with Gasteiger partial charge in [-0.3, -0.25) is 0 Å². The molecule has 238 valence electrons. The van der Waals surface area contributed by atoms with Crippen LogP contribution in [0, 0.1) is 0 Å². The number of hydrogen-bond donors (Lipinski definition) is 0. The van der Waals surface area contributed by atoms with E-state index in [1.165, 1.54) is 27.8 Å². The highest BCUT2D eigenvalue weighted by molar-refractivity contribution is 7.26. The van der Waals surface area contributed by atoms with Crippen LogP contribution in [-0.4, -0.2) is 15.0 Å². The van der Waals surface area contributed by atoms with Crippen LogP contribution in [-0.2, 0) is 5.41 Å². The lowest BCUT2D eigenvalue weighted by Crippen LogP contribution is -2.32. The first-order valence-corrected chi connectivity index (χ1v) is 17.9. The number of hydrogen-bond acceptors (Lipinski definition) is 5. The number of aromatic nitrogens is 3. The normalized spacial score (nSPS) is 13.4. The van der Waals surface area contributed by atoms with Gasteiger partial charge in [0.2, 0.25) is 0 Å². The SMILES string of the molecule is c1ccc(-c2nc(-c3ccccc3)nc(-c3cccc4sc5c6c(ccc5c34)C3(c4ccccc4O6)c4ccccc4-c4ccccc43)n2)cc1. The number of fused-ring (bicyclic) bond motifs is 13. The molecular weight excluding hydrogens is 643 g/mol. The third-order valence-electron chi connectivity index (χ3n) is 10.4. The molecule has 2 aromatic heterocycles. The molecule has 51 heavy (non-hydrogen) atoms. The van der Waals surface area contributed by atoms with Crippen molar-refractivity contribution in [2.75, 3.05) is 0 Å². The van der Waals surface area contributed by atoms with Gasteiger partial charge in [0.1, 0.15) is 11.5 Å². The summed E-state index contributed by atoms with van der Waals surface area (Å²) in [5.41, 5.74) is 9.81. The molecule has 2 aliphatic rings. The molecule has 5 heteroatoms. The summed E-state index contributed by atoms with van der Waals surface area (Å²) >= 11 is 1.77. The van der Waals surface area contributed by atoms with E-state index in [9.17, 15) is 0 Å². The summed E-state index contributed by atoms with van der Waals surface area (Å²) in [6.07, 6.45) is 0. The lowest BCUT2D eigenvalue weighted by Gasteiger charge is -2.39. The zero-order valence-electron chi connectivity index (χ0n) is 27.2. The predicted molar refractivity (Wildman–Crippen MR) is 206 cm³/mol. The van der Waals surface area contributed by atoms with Gasteiger partial charge in [0, 0.05) is 43.3 Å². The Labute approximate surface area is 298 Å². The summed E-state index contributed by atoms with van der Waals surface area (Å²) in [6.45, 7) is 0. The first kappa shape index (κ1) is 28.4. The molecule has 0 saturated heterocycles. The van der Waals surface area contributed by atoms with E-state index in [0.717, 1.165) is 53.9 Å². The zero-order valence-corrected chi connectivity index (χ0v) is 28.1. The van der Waals surface area contributed by atoms with Crippen molar-refractivity contribution < 1.29 is 4.74 Å². The molecule has 7 aromatic carbocycles. The highest BCUT2D eigenvalue weighted by Crippen LogP contribution is 2.63. The van der Waals surface area contributed by atoms with E-state index in [-0.39, 0.29) is 0 Å². The lowest BCUT2D eigenvalue weighted by atomic mass is 9.66. The zero-order chi connectivity index (χ0) is 33.5. The van der Waals surface area contributed by atoms with Crippen molar-refractivity contribution in [3.63, 3.8) is 0 Å². The molecule has 0 radical (unpaired) electrons. The molecule has 0 N–H and O–H groups in total. The van der Waals surface area contributed by atoms with Crippen LogP contribution in [0.5, 0.6) is 11.5 Å². The minimum atomic E-state index is -0.506. The maximum Gasteiger partial charge on any atom is 0.164 e. The van der Waals surface area contributed by atoms with Gasteiger partial charge in [-0.25, -0.2) is 15.0 Å². The number of benzene rings is 7. The minimum Gasteiger partial charge on any atom is -0.455 e. The molecule has 0 bridgehead atoms. The Morgan fingerprint density at radius 1 is 0.431 bits per heavy atom. The summed E-state index contributed by atoms with van der Waals surface area (Å²) < 4.78 is 9.28. The van der Waals surface area contributed by atoms with E-state index in [1.807, 2.05) is 60.7 Å². The molecule has 0 atom stereocenters. The Bertz CT molecular complexity index is 2740. The van der Waals surface area contributed by atoms with E-state index < -0.39 is 5.41 Å². The second kappa shape index (κ2) is 10.8. The van der Waals surface area contributed by atoms with Crippen LogP contribution in [0.15, 0.2) is 164 Å². The van der Waals surface area contributed by atoms with Gasteiger partial charge in [-0.15, -0.1) is 11.3 Å². The number of ether oxygens (including phenoxy) is 1. The van der Waals surface area contributed by atoms with Crippen molar-refractivity contribution in [3.8, 4) is 56.8 Å². The van der Waals surface area contributed by atoms with Gasteiger partial charge in [0.25, 0.3) is 0 Å². The third-order valence-corrected chi connectivity index (χ3v) is 11.6. The van der Waals surface area contributed by atoms with Crippen LogP contribution in [0.1, 0.15) is 22.3 Å². The predicted octanol–water partition coefficient (Wildman–Crippen LogP) is 11.7. The fraction of sp³-hybridized carbons (Fsp3) is 0.0217. The van der Waals surface area contributed by atoms with E-state index in [1.54, 1.807) is 11.3 Å². The Kier molecular flexibility index (Phi) is 6.01. The van der Waals surface area contributed by atoms with Crippen LogP contribution >= 0.6 is 11.3 Å². The summed E-state index contributed by atoms with van der Waals surface area (Å²) in [4.78, 5) is 15.2. The van der Waals surface area contributed by atoms with E-state index >= 15 is 0 Å². The van der Waals surface area contributed by atoms with Crippen molar-refractivity contribution in [2.45, 2.75) is 5.41 Å². The van der Waals surface area contributed by atoms with Gasteiger partial charge in [-0.2, -0.15) is 0 Å². The molecule has 0 unspecified atom stereocenters. The number of thiophene rings is 1. The standard InChI is InChI=1S/C46H27N3OS/c1-3-14-28(15-4-1)43-47-44(29-16-5-2-6-17-29)49-45(48-43)33-20-13-25-39-40(33)32-26-27-37-41(42(32)51-39)50-38-24-12-11-23-36(38)46(37)34-21-9-7-18-30(34)31-19-8-10-22-35(31)46/h1-27H. The maximum atomic E-state index is 7.01. The van der Waals surface area contributed by atoms with Crippen molar-refractivity contribution in [1.29, 1.82) is 0 Å². The Morgan fingerprint density at radius 2 is 0.980 bits per heavy atom. The quantitative estimate of drug-likeness (QED) is 0.188. The second-order valence-electron chi connectivity index (χ2n) is 13.1. The van der Waals surface area contributed by atoms with Crippen molar-refractivity contribution in [2.24, 2.45) is 0 Å². The summed E-state index contributed by atoms with van der Waals surface area (Å²) in [6, 6.07) is 57.6. The van der Waals surface area contributed by atoms with Crippen molar-refractivity contribution in [3.05, 3.63) is 186 Å². The van der Waals surface area contributed by atoms with E-state index in [0.29, 0.717) is 17.5 Å². The van der Waals surface area contributed by atoms with Crippen LogP contribution in [0.2, 0.25) is 0 Å². The highest BCUT2D eigenvalue weighted by atomic mass is 32.1. The molecule has 0 saturated carbocycles. The molecule has 9 aromatic rings. The Hall–Kier alpha value is -6.43. The van der Waals surface area contributed by atoms with Gasteiger partial charge < -0.3 is 4.74 Å². The fourth-order valence-corrected chi connectivity index (χ4v) is 9.53. The van der Waals surface area contributed by atoms with Crippen LogP contribution in [0.4, 0.5) is 0 Å². The van der Waals surface area contributed by atoms with Gasteiger partial charge in [0.15, 0.2) is 17.5 Å². The van der Waals surface area contributed by atoms with Gasteiger partial charge in [-0.1, -0.05) is 152 Å². The topological polar surface area (TPSA) is 47.9 Å². The average Bonchev–Trinajstić information content (AvgIpc) is 3.73. The van der Waals surface area contributed by atoms with E-state index in [2.05, 4.69) is 103 Å². The van der Waals surface area contributed by atoms with Gasteiger partial charge in [-0.05, 0) is 34.4 Å². The van der Waals surface area contributed by atoms with Crippen molar-refractivity contribution in [1.82, 2.24) is 15.0 Å². The molecule has 1 aliphatic heterocycles. The molecule has 0 fully saturated rings. The van der Waals surface area contributed by atoms with Gasteiger partial charge >= 0.3 is 0 Å². The molecule has 1 aliphatic carbocycles. The average molecular weight is 670 g/mol.